The molecule has 3 heterocycles. The van der Waals surface area contributed by atoms with Gasteiger partial charge in [-0.05, 0) is 19.4 Å². The highest BCUT2D eigenvalue weighted by molar-refractivity contribution is 6.07. The van der Waals surface area contributed by atoms with Crippen LogP contribution in [0.5, 0.6) is 11.6 Å². The number of methoxy groups -OCH3 is 1. The highest BCUT2D eigenvalue weighted by atomic mass is 19.4. The van der Waals surface area contributed by atoms with Crippen molar-refractivity contribution in [2.75, 3.05) is 19.0 Å². The van der Waals surface area contributed by atoms with E-state index in [1.807, 2.05) is 0 Å². The maximum Gasteiger partial charge on any atom is 0.422 e. The van der Waals surface area contributed by atoms with Crippen molar-refractivity contribution >= 4 is 11.6 Å². The number of amides is 1. The molecular weight excluding hydrogens is 492 g/mol. The van der Waals surface area contributed by atoms with Crippen LogP contribution < -0.4 is 20.5 Å². The largest absolute Gasteiger partial charge is 0.494 e. The van der Waals surface area contributed by atoms with Gasteiger partial charge >= 0.3 is 11.9 Å². The fourth-order valence-electron chi connectivity index (χ4n) is 3.28. The Labute approximate surface area is 201 Å². The number of anilines is 1. The number of carbonyl (C=O) groups excluding carboxylic acids is 1. The maximum atomic E-state index is 15.1. The summed E-state index contributed by atoms with van der Waals surface area (Å²) in [5.74, 6) is -3.94. The van der Waals surface area contributed by atoms with Crippen molar-refractivity contribution in [1.29, 1.82) is 0 Å². The highest BCUT2D eigenvalue weighted by Crippen LogP contribution is 2.30. The molecule has 36 heavy (non-hydrogen) atoms. The summed E-state index contributed by atoms with van der Waals surface area (Å²) in [6.07, 6.45) is -3.00. The van der Waals surface area contributed by atoms with Crippen LogP contribution in [0.1, 0.15) is 35.7 Å². The third-order valence-electron chi connectivity index (χ3n) is 4.92. The van der Waals surface area contributed by atoms with Crippen LogP contribution in [0.3, 0.4) is 0 Å². The maximum absolute atomic E-state index is 15.1. The molecule has 0 aliphatic carbocycles. The highest BCUT2D eigenvalue weighted by Gasteiger charge is 2.31. The summed E-state index contributed by atoms with van der Waals surface area (Å²) in [5.41, 5.74) is -1.05. The predicted molar refractivity (Wildman–Crippen MR) is 117 cm³/mol. The number of rotatable bonds is 9. The zero-order valence-electron chi connectivity index (χ0n) is 19.4. The van der Waals surface area contributed by atoms with Crippen LogP contribution in [-0.4, -0.2) is 55.2 Å². The van der Waals surface area contributed by atoms with Gasteiger partial charge in [-0.3, -0.25) is 14.3 Å². The summed E-state index contributed by atoms with van der Waals surface area (Å²) < 4.78 is 65.1. The topological polar surface area (TPSA) is 133 Å². The minimum Gasteiger partial charge on any atom is -0.494 e. The van der Waals surface area contributed by atoms with E-state index in [0.29, 0.717) is 22.9 Å². The molecule has 1 amide bonds. The minimum atomic E-state index is -4.81. The first-order valence-corrected chi connectivity index (χ1v) is 10.6. The lowest BCUT2D eigenvalue weighted by atomic mass is 10.2. The molecule has 0 unspecified atom stereocenters. The Hall–Kier alpha value is -4.01. The summed E-state index contributed by atoms with van der Waals surface area (Å²) in [7, 11) is 1.34. The summed E-state index contributed by atoms with van der Waals surface area (Å²) >= 11 is 0. The Bertz CT molecular complexity index is 1300. The smallest absolute Gasteiger partial charge is 0.422 e. The molecule has 0 fully saturated rings. The normalized spacial score (nSPS) is 11.4. The number of nitrogens with one attached hydrogen (secondary N) is 1. The molecule has 3 aromatic rings. The second-order valence-corrected chi connectivity index (χ2v) is 7.21. The van der Waals surface area contributed by atoms with Gasteiger partial charge in [0.2, 0.25) is 5.88 Å². The number of hydrogen-bond donors (Lipinski definition) is 2. The van der Waals surface area contributed by atoms with Gasteiger partial charge in [0.05, 0.1) is 12.8 Å². The number of aromatic nitrogens is 5. The van der Waals surface area contributed by atoms with E-state index in [2.05, 4.69) is 20.4 Å². The van der Waals surface area contributed by atoms with E-state index in [1.54, 1.807) is 13.8 Å². The van der Waals surface area contributed by atoms with Crippen LogP contribution in [-0.2, 0) is 19.6 Å². The van der Waals surface area contributed by atoms with Crippen LogP contribution in [0.15, 0.2) is 23.1 Å². The number of alkyl halides is 3. The standard InChI is InChI=1S/C21H22F4N6O5/c1-4-13-16(14(35-3)6-7-26-13)27-18(33)11-8-12(22)17(28-19(11)36-10-21(23,24)25)31-20(34)30(5-2)15(9-32)29-31/h6-8,32H,4-5,9-10H2,1-3H3,(H,27,33). The molecule has 0 aliphatic heterocycles. The zero-order valence-corrected chi connectivity index (χ0v) is 19.4. The SMILES string of the molecule is CCc1nccc(OC)c1NC(=O)c1cc(F)c(-n2nc(CO)n(CC)c2=O)nc1OCC(F)(F)F. The second-order valence-electron chi connectivity index (χ2n) is 7.21. The van der Waals surface area contributed by atoms with Crippen LogP contribution in [0.4, 0.5) is 23.2 Å². The zero-order chi connectivity index (χ0) is 26.6. The molecule has 3 rings (SSSR count). The van der Waals surface area contributed by atoms with Crippen molar-refractivity contribution in [3.05, 3.63) is 51.7 Å². The second kappa shape index (κ2) is 10.7. The van der Waals surface area contributed by atoms with E-state index in [4.69, 9.17) is 9.47 Å². The first-order valence-electron chi connectivity index (χ1n) is 10.6. The number of ether oxygens (including phenoxy) is 2. The third-order valence-corrected chi connectivity index (χ3v) is 4.92. The molecule has 3 aromatic heterocycles. The number of aliphatic hydroxyl groups excluding tert-OH is 1. The molecule has 0 radical (unpaired) electrons. The molecule has 0 saturated heterocycles. The number of carbonyl (C=O) groups is 1. The van der Waals surface area contributed by atoms with E-state index in [9.17, 15) is 27.9 Å². The van der Waals surface area contributed by atoms with Gasteiger partial charge in [-0.15, -0.1) is 5.10 Å². The van der Waals surface area contributed by atoms with Gasteiger partial charge < -0.3 is 19.9 Å². The number of aryl methyl sites for hydroxylation is 1. The molecule has 194 valence electrons. The van der Waals surface area contributed by atoms with Gasteiger partial charge in [0.25, 0.3) is 5.91 Å². The monoisotopic (exact) mass is 514 g/mol. The lowest BCUT2D eigenvalue weighted by Gasteiger charge is -2.16. The predicted octanol–water partition coefficient (Wildman–Crippen LogP) is 2.24. The molecule has 0 bridgehead atoms. The lowest BCUT2D eigenvalue weighted by Crippen LogP contribution is -2.27. The average Bonchev–Trinajstić information content (AvgIpc) is 3.17. The summed E-state index contributed by atoms with van der Waals surface area (Å²) in [6, 6.07) is 2.03. The van der Waals surface area contributed by atoms with E-state index in [-0.39, 0.29) is 23.8 Å². The van der Waals surface area contributed by atoms with Gasteiger partial charge in [-0.25, -0.2) is 9.18 Å². The van der Waals surface area contributed by atoms with Gasteiger partial charge in [-0.2, -0.15) is 22.8 Å². The number of nitrogens with zero attached hydrogens (tertiary/aromatic N) is 5. The molecule has 11 nitrogen and oxygen atoms in total. The van der Waals surface area contributed by atoms with Crippen LogP contribution in [0, 0.1) is 5.82 Å². The van der Waals surface area contributed by atoms with Crippen molar-refractivity contribution in [3.8, 4) is 17.4 Å². The molecule has 0 atom stereocenters. The third kappa shape index (κ3) is 5.45. The van der Waals surface area contributed by atoms with Gasteiger partial charge in [0, 0.05) is 18.8 Å². The van der Waals surface area contributed by atoms with Crippen LogP contribution >= 0.6 is 0 Å². The Morgan fingerprint density at radius 3 is 2.56 bits per heavy atom. The molecule has 0 aliphatic rings. The minimum absolute atomic E-state index is 0.0704. The van der Waals surface area contributed by atoms with Gasteiger partial charge in [0.15, 0.2) is 24.1 Å². The quantitative estimate of drug-likeness (QED) is 0.416. The number of pyridine rings is 2. The van der Waals surface area contributed by atoms with E-state index >= 15 is 4.39 Å². The molecule has 0 aromatic carbocycles. The van der Waals surface area contributed by atoms with Crippen LogP contribution in [0.2, 0.25) is 0 Å². The number of halogens is 4. The van der Waals surface area contributed by atoms with Crippen molar-refractivity contribution in [1.82, 2.24) is 24.3 Å². The Balaban J connectivity index is 2.13. The fraction of sp³-hybridized carbons (Fsp3) is 0.381. The molecule has 0 spiro atoms. The summed E-state index contributed by atoms with van der Waals surface area (Å²) in [4.78, 5) is 33.4. The first-order chi connectivity index (χ1) is 17.0. The van der Waals surface area contributed by atoms with Crippen LogP contribution in [0.25, 0.3) is 5.82 Å². The molecule has 2 N–H and O–H groups in total. The number of hydrogen-bond acceptors (Lipinski definition) is 8. The molecular formula is C21H22F4N6O5. The van der Waals surface area contributed by atoms with E-state index in [1.165, 1.54) is 19.4 Å². The Kier molecular flexibility index (Phi) is 7.92. The van der Waals surface area contributed by atoms with Gasteiger partial charge in [0.1, 0.15) is 23.6 Å². The fourth-order valence-corrected chi connectivity index (χ4v) is 3.28. The molecule has 15 heteroatoms. The lowest BCUT2D eigenvalue weighted by molar-refractivity contribution is -0.154. The van der Waals surface area contributed by atoms with Crippen molar-refractivity contribution in [3.63, 3.8) is 0 Å². The molecule has 0 saturated carbocycles. The average molecular weight is 514 g/mol. The van der Waals surface area contributed by atoms with Crippen molar-refractivity contribution in [2.45, 2.75) is 39.6 Å². The summed E-state index contributed by atoms with van der Waals surface area (Å²) in [6.45, 7) is 0.878. The van der Waals surface area contributed by atoms with Crippen molar-refractivity contribution < 1.29 is 36.9 Å². The van der Waals surface area contributed by atoms with Crippen molar-refractivity contribution in [2.24, 2.45) is 0 Å². The first kappa shape index (κ1) is 26.6. The Morgan fingerprint density at radius 1 is 1.28 bits per heavy atom. The summed E-state index contributed by atoms with van der Waals surface area (Å²) in [5, 5.41) is 15.6. The van der Waals surface area contributed by atoms with E-state index < -0.39 is 54.1 Å². The Morgan fingerprint density at radius 2 is 2.00 bits per heavy atom. The van der Waals surface area contributed by atoms with E-state index in [0.717, 1.165) is 4.57 Å². The number of aliphatic hydroxyl groups is 1. The van der Waals surface area contributed by atoms with Gasteiger partial charge in [-0.1, -0.05) is 6.92 Å².